The average Bonchev–Trinajstić information content (AvgIpc) is 2.89. The van der Waals surface area contributed by atoms with Crippen molar-refractivity contribution in [1.82, 2.24) is 14.5 Å². The van der Waals surface area contributed by atoms with Crippen LogP contribution in [0.5, 0.6) is 0 Å². The average molecular weight is 416 g/mol. The molecule has 3 rings (SSSR count). The predicted octanol–water partition coefficient (Wildman–Crippen LogP) is 5.28. The van der Waals surface area contributed by atoms with Crippen LogP contribution >= 0.6 is 0 Å². The molecule has 2 aromatic heterocycles. The first-order chi connectivity index (χ1) is 13.7. The first-order valence-electron chi connectivity index (χ1n) is 10.5. The number of fused-ring (bicyclic) bond motifs is 1. The molecule has 0 aliphatic carbocycles. The highest BCUT2D eigenvalue weighted by molar-refractivity contribution is 5.90. The molecule has 0 radical (unpaired) electrons. The van der Waals surface area contributed by atoms with Gasteiger partial charge >= 0.3 is 12.2 Å². The number of amides is 1. The van der Waals surface area contributed by atoms with Gasteiger partial charge in [-0.2, -0.15) is 0 Å². The highest BCUT2D eigenvalue weighted by atomic mass is 16.6. The Balaban J connectivity index is 1.84. The second-order valence-electron chi connectivity index (χ2n) is 10.3. The maximum Gasteiger partial charge on any atom is 0.419 e. The summed E-state index contributed by atoms with van der Waals surface area (Å²) < 4.78 is 12.5. The highest BCUT2D eigenvalue weighted by Crippen LogP contribution is 2.32. The van der Waals surface area contributed by atoms with Gasteiger partial charge in [0.15, 0.2) is 0 Å². The molecule has 0 bridgehead atoms. The van der Waals surface area contributed by atoms with Gasteiger partial charge in [0.25, 0.3) is 0 Å². The summed E-state index contributed by atoms with van der Waals surface area (Å²) in [6, 6.07) is 3.86. The summed E-state index contributed by atoms with van der Waals surface area (Å²) in [5.41, 5.74) is 2.39. The van der Waals surface area contributed by atoms with Gasteiger partial charge < -0.3 is 14.4 Å². The lowest BCUT2D eigenvalue weighted by Crippen LogP contribution is -2.50. The summed E-state index contributed by atoms with van der Waals surface area (Å²) in [5.74, 6) is 0.366. The molecular weight excluding hydrogens is 382 g/mol. The topological polar surface area (TPSA) is 73.7 Å². The van der Waals surface area contributed by atoms with Crippen LogP contribution in [0, 0.1) is 0 Å². The molecule has 0 saturated carbocycles. The van der Waals surface area contributed by atoms with E-state index >= 15 is 0 Å². The number of ether oxygens (including phenoxy) is 2. The van der Waals surface area contributed by atoms with E-state index in [-0.39, 0.29) is 17.9 Å². The summed E-state index contributed by atoms with van der Waals surface area (Å²) >= 11 is 0. The van der Waals surface area contributed by atoms with Crippen LogP contribution in [0.4, 0.5) is 9.59 Å². The van der Waals surface area contributed by atoms with E-state index < -0.39 is 17.3 Å². The number of carbonyl (C=O) groups excluding carboxylic acids is 2. The van der Waals surface area contributed by atoms with E-state index in [9.17, 15) is 9.59 Å². The van der Waals surface area contributed by atoms with E-state index in [1.165, 1.54) is 0 Å². The molecule has 1 aliphatic rings. The molecule has 7 heteroatoms. The van der Waals surface area contributed by atoms with Crippen LogP contribution in [-0.2, 0) is 9.47 Å². The fraction of sp³-hybridized carbons (Fsp3) is 0.609. The molecular formula is C23H33N3O4. The Hall–Kier alpha value is -2.57. The minimum Gasteiger partial charge on any atom is -0.444 e. The van der Waals surface area contributed by atoms with E-state index in [1.54, 1.807) is 9.47 Å². The maximum absolute atomic E-state index is 12.7. The highest BCUT2D eigenvalue weighted by Gasteiger charge is 2.35. The molecule has 1 fully saturated rings. The Labute approximate surface area is 178 Å². The molecule has 164 valence electrons. The van der Waals surface area contributed by atoms with Crippen molar-refractivity contribution in [3.05, 3.63) is 29.6 Å². The largest absolute Gasteiger partial charge is 0.444 e. The molecule has 1 aliphatic heterocycles. The number of carbonyl (C=O) groups is 2. The Morgan fingerprint density at radius 2 is 1.57 bits per heavy atom. The molecule has 0 N–H and O–H groups in total. The zero-order valence-corrected chi connectivity index (χ0v) is 19.3. The molecule has 0 atom stereocenters. The number of nitrogens with zero attached hydrogens (tertiary/aromatic N) is 3. The van der Waals surface area contributed by atoms with Gasteiger partial charge in [-0.15, -0.1) is 0 Å². The van der Waals surface area contributed by atoms with Crippen molar-refractivity contribution in [2.75, 3.05) is 13.1 Å². The summed E-state index contributed by atoms with van der Waals surface area (Å²) in [5, 5.41) is 0. The number of hydrogen-bond acceptors (Lipinski definition) is 5. The van der Waals surface area contributed by atoms with Gasteiger partial charge in [-0.3, -0.25) is 9.55 Å². The van der Waals surface area contributed by atoms with Crippen LogP contribution in [0.2, 0.25) is 0 Å². The number of hydrogen-bond donors (Lipinski definition) is 0. The summed E-state index contributed by atoms with van der Waals surface area (Å²) in [7, 11) is 0. The first-order valence-corrected chi connectivity index (χ1v) is 10.5. The van der Waals surface area contributed by atoms with E-state index in [4.69, 9.17) is 14.5 Å². The van der Waals surface area contributed by atoms with Crippen molar-refractivity contribution in [1.29, 1.82) is 0 Å². The van der Waals surface area contributed by atoms with Crippen LogP contribution in [-0.4, -0.2) is 50.9 Å². The normalized spacial score (nSPS) is 15.4. The third-order valence-electron chi connectivity index (χ3n) is 4.86. The van der Waals surface area contributed by atoms with Gasteiger partial charge in [-0.1, -0.05) is 13.8 Å². The minimum atomic E-state index is -0.573. The summed E-state index contributed by atoms with van der Waals surface area (Å²) in [4.78, 5) is 31.4. The van der Waals surface area contributed by atoms with E-state index in [0.29, 0.717) is 13.1 Å². The Morgan fingerprint density at radius 3 is 2.10 bits per heavy atom. The number of likely N-dealkylation sites (tertiary alicyclic amines) is 1. The Kier molecular flexibility index (Phi) is 5.60. The lowest BCUT2D eigenvalue weighted by atomic mass is 9.95. The predicted molar refractivity (Wildman–Crippen MR) is 116 cm³/mol. The van der Waals surface area contributed by atoms with Gasteiger partial charge in [0.1, 0.15) is 11.2 Å². The monoisotopic (exact) mass is 415 g/mol. The molecule has 30 heavy (non-hydrogen) atoms. The maximum atomic E-state index is 12.7. The van der Waals surface area contributed by atoms with Crippen molar-refractivity contribution < 1.29 is 19.1 Å². The van der Waals surface area contributed by atoms with Gasteiger partial charge in [0.2, 0.25) is 0 Å². The van der Waals surface area contributed by atoms with Gasteiger partial charge in [0.05, 0.1) is 11.0 Å². The van der Waals surface area contributed by atoms with Crippen molar-refractivity contribution in [3.63, 3.8) is 0 Å². The molecule has 0 spiro atoms. The summed E-state index contributed by atoms with van der Waals surface area (Å²) in [6.07, 6.45) is 1.13. The third kappa shape index (κ3) is 4.77. The number of aromatic nitrogens is 2. The minimum absolute atomic E-state index is 0.159. The third-order valence-corrected chi connectivity index (χ3v) is 4.86. The summed E-state index contributed by atoms with van der Waals surface area (Å²) in [6.45, 7) is 16.5. The SMILES string of the molecule is CC(C)c1cn(C(=O)OC(C)(C)C)c2ccc(C3CN(C(=O)OC(C)(C)C)C3)nc12. The zero-order chi connectivity index (χ0) is 22.4. The Morgan fingerprint density at radius 1 is 1.00 bits per heavy atom. The van der Waals surface area contributed by atoms with Crippen LogP contribution < -0.4 is 0 Å². The van der Waals surface area contributed by atoms with Gasteiger partial charge in [0, 0.05) is 30.9 Å². The van der Waals surface area contributed by atoms with Crippen LogP contribution in [0.1, 0.15) is 78.5 Å². The molecule has 2 aromatic rings. The molecule has 7 nitrogen and oxygen atoms in total. The lowest BCUT2D eigenvalue weighted by Gasteiger charge is -2.39. The van der Waals surface area contributed by atoms with Crippen LogP contribution in [0.25, 0.3) is 11.0 Å². The second-order valence-corrected chi connectivity index (χ2v) is 10.3. The molecule has 1 amide bonds. The van der Waals surface area contributed by atoms with Crippen LogP contribution in [0.3, 0.4) is 0 Å². The van der Waals surface area contributed by atoms with E-state index in [2.05, 4.69) is 13.8 Å². The van der Waals surface area contributed by atoms with Crippen molar-refractivity contribution in [2.24, 2.45) is 0 Å². The zero-order valence-electron chi connectivity index (χ0n) is 19.3. The quantitative estimate of drug-likeness (QED) is 0.667. The van der Waals surface area contributed by atoms with E-state index in [0.717, 1.165) is 22.3 Å². The molecule has 3 heterocycles. The lowest BCUT2D eigenvalue weighted by molar-refractivity contribution is 0.00787. The van der Waals surface area contributed by atoms with Crippen molar-refractivity contribution in [2.45, 2.75) is 78.4 Å². The van der Waals surface area contributed by atoms with Crippen LogP contribution in [0.15, 0.2) is 18.3 Å². The van der Waals surface area contributed by atoms with Gasteiger partial charge in [-0.05, 0) is 65.2 Å². The standard InChI is InChI=1S/C23H33N3O4/c1-14(2)16-13-26(21(28)30-23(6,7)8)18-10-9-17(24-19(16)18)15-11-25(12-15)20(27)29-22(3,4)5/h9-10,13-15H,11-12H2,1-8H3. The number of rotatable bonds is 2. The molecule has 0 aromatic carbocycles. The fourth-order valence-corrected chi connectivity index (χ4v) is 3.40. The molecule has 1 saturated heterocycles. The van der Waals surface area contributed by atoms with Crippen molar-refractivity contribution >= 4 is 23.2 Å². The Bertz CT molecular complexity index is 957. The number of pyridine rings is 1. The smallest absolute Gasteiger partial charge is 0.419 e. The first kappa shape index (κ1) is 22.1. The van der Waals surface area contributed by atoms with Gasteiger partial charge in [-0.25, -0.2) is 9.59 Å². The molecule has 0 unspecified atom stereocenters. The second kappa shape index (κ2) is 7.60. The van der Waals surface area contributed by atoms with E-state index in [1.807, 2.05) is 59.9 Å². The van der Waals surface area contributed by atoms with Crippen molar-refractivity contribution in [3.8, 4) is 0 Å². The fourth-order valence-electron chi connectivity index (χ4n) is 3.40.